The molecule has 2 atom stereocenters. The molecule has 0 bridgehead atoms. The van der Waals surface area contributed by atoms with Gasteiger partial charge in [0.05, 0.1) is 0 Å². The second kappa shape index (κ2) is 3.91. The Bertz CT molecular complexity index is 434. The van der Waals surface area contributed by atoms with Gasteiger partial charge in [0.25, 0.3) is 0 Å². The number of nitrogens with two attached hydrogens (primary N) is 1. The lowest BCUT2D eigenvalue weighted by atomic mass is 10.0. The molecule has 0 heterocycles. The van der Waals surface area contributed by atoms with Gasteiger partial charge in [-0.3, -0.25) is 0 Å². The summed E-state index contributed by atoms with van der Waals surface area (Å²) >= 11 is 0. The van der Waals surface area contributed by atoms with Crippen molar-refractivity contribution in [3.63, 3.8) is 0 Å². The summed E-state index contributed by atoms with van der Waals surface area (Å²) in [6, 6.07) is 3.68. The first-order valence-corrected chi connectivity index (χ1v) is 5.34. The predicted molar refractivity (Wildman–Crippen MR) is 57.5 cm³/mol. The molecule has 1 aliphatic carbocycles. The number of hydrogen-bond donors (Lipinski definition) is 1. The molecule has 2 N–H and O–H groups in total. The molecule has 1 aromatic carbocycles. The number of halogens is 3. The molecule has 0 aliphatic heterocycles. The summed E-state index contributed by atoms with van der Waals surface area (Å²) in [5, 5.41) is 0. The van der Waals surface area contributed by atoms with Crippen molar-refractivity contribution in [3.05, 3.63) is 29.6 Å². The van der Waals surface area contributed by atoms with E-state index < -0.39 is 12.4 Å². The zero-order chi connectivity index (χ0) is 12.8. The minimum absolute atomic E-state index is 0.0666. The molecule has 1 aliphatic rings. The third kappa shape index (κ3) is 2.11. The van der Waals surface area contributed by atoms with E-state index in [9.17, 15) is 13.2 Å². The Morgan fingerprint density at radius 2 is 1.94 bits per heavy atom. The summed E-state index contributed by atoms with van der Waals surface area (Å²) in [6.45, 7) is 0.955. The second-order valence-corrected chi connectivity index (χ2v) is 4.89. The minimum Gasteiger partial charge on any atom is -0.435 e. The minimum atomic E-state index is -2.94. The van der Waals surface area contributed by atoms with Crippen LogP contribution in [0.5, 0.6) is 5.75 Å². The summed E-state index contributed by atoms with van der Waals surface area (Å²) in [5.41, 5.74) is 6.16. The molecular formula is C12H14F3NO. The molecule has 2 nitrogen and oxygen atoms in total. The lowest BCUT2D eigenvalue weighted by Gasteiger charge is -2.08. The average Bonchev–Trinajstić information content (AvgIpc) is 2.66. The van der Waals surface area contributed by atoms with Crippen molar-refractivity contribution in [2.45, 2.75) is 32.4 Å². The summed E-state index contributed by atoms with van der Waals surface area (Å²) in [6.07, 6.45) is 0. The third-order valence-corrected chi connectivity index (χ3v) is 3.44. The fraction of sp³-hybridized carbons (Fsp3) is 0.500. The van der Waals surface area contributed by atoms with Crippen molar-refractivity contribution in [1.82, 2.24) is 0 Å². The van der Waals surface area contributed by atoms with E-state index >= 15 is 0 Å². The Hall–Kier alpha value is -1.23. The van der Waals surface area contributed by atoms with Crippen LogP contribution in [0.4, 0.5) is 13.2 Å². The van der Waals surface area contributed by atoms with Crippen LogP contribution < -0.4 is 10.5 Å². The van der Waals surface area contributed by atoms with Crippen molar-refractivity contribution >= 4 is 0 Å². The van der Waals surface area contributed by atoms with Crippen LogP contribution in [0.1, 0.15) is 25.3 Å². The van der Waals surface area contributed by atoms with Crippen molar-refractivity contribution in [1.29, 1.82) is 0 Å². The summed E-state index contributed by atoms with van der Waals surface area (Å²) in [7, 11) is 0. The van der Waals surface area contributed by atoms with Crippen molar-refractivity contribution in [2.24, 2.45) is 11.1 Å². The molecule has 94 valence electrons. The first kappa shape index (κ1) is 12.2. The fourth-order valence-electron chi connectivity index (χ4n) is 2.21. The van der Waals surface area contributed by atoms with E-state index in [0.717, 1.165) is 6.07 Å². The van der Waals surface area contributed by atoms with Gasteiger partial charge in [-0.25, -0.2) is 4.39 Å². The van der Waals surface area contributed by atoms with Crippen molar-refractivity contribution in [2.75, 3.05) is 0 Å². The van der Waals surface area contributed by atoms with Gasteiger partial charge in [0.15, 0.2) is 0 Å². The largest absolute Gasteiger partial charge is 0.435 e. The van der Waals surface area contributed by atoms with Crippen LogP contribution in [0, 0.1) is 11.2 Å². The molecule has 0 amide bonds. The summed E-state index contributed by atoms with van der Waals surface area (Å²) < 4.78 is 41.7. The topological polar surface area (TPSA) is 35.2 Å². The average molecular weight is 245 g/mol. The first-order valence-electron chi connectivity index (χ1n) is 5.34. The van der Waals surface area contributed by atoms with Gasteiger partial charge < -0.3 is 10.5 Å². The molecule has 0 saturated heterocycles. The molecule has 1 aromatic rings. The maximum Gasteiger partial charge on any atom is 0.387 e. The van der Waals surface area contributed by atoms with E-state index in [1.54, 1.807) is 0 Å². The van der Waals surface area contributed by atoms with Crippen LogP contribution in [0.3, 0.4) is 0 Å². The standard InChI is InChI=1S/C12H14F3NO/c1-12(2)9(10(12)16)7-4-3-6(5-8(7)13)17-11(14)15/h3-5,9-11H,16H2,1-2H3/t9-,10-/m0/s1. The highest BCUT2D eigenvalue weighted by atomic mass is 19.3. The Balaban J connectivity index is 2.22. The monoisotopic (exact) mass is 245 g/mol. The van der Waals surface area contributed by atoms with Crippen LogP contribution in [-0.2, 0) is 0 Å². The van der Waals surface area contributed by atoms with Gasteiger partial charge >= 0.3 is 6.61 Å². The smallest absolute Gasteiger partial charge is 0.387 e. The van der Waals surface area contributed by atoms with Crippen LogP contribution in [0.25, 0.3) is 0 Å². The molecule has 0 radical (unpaired) electrons. The zero-order valence-corrected chi connectivity index (χ0v) is 9.58. The van der Waals surface area contributed by atoms with Gasteiger partial charge in [-0.2, -0.15) is 8.78 Å². The molecule has 1 fully saturated rings. The normalized spacial score (nSPS) is 26.1. The Morgan fingerprint density at radius 3 is 2.35 bits per heavy atom. The van der Waals surface area contributed by atoms with Crippen molar-refractivity contribution < 1.29 is 17.9 Å². The Labute approximate surface area is 97.6 Å². The highest BCUT2D eigenvalue weighted by molar-refractivity contribution is 5.38. The van der Waals surface area contributed by atoms with Gasteiger partial charge in [0, 0.05) is 18.0 Å². The van der Waals surface area contributed by atoms with E-state index in [0.29, 0.717) is 5.56 Å². The van der Waals surface area contributed by atoms with Gasteiger partial charge in [-0.05, 0) is 17.0 Å². The molecule has 0 unspecified atom stereocenters. The van der Waals surface area contributed by atoms with E-state index in [-0.39, 0.29) is 23.1 Å². The fourth-order valence-corrected chi connectivity index (χ4v) is 2.21. The van der Waals surface area contributed by atoms with Crippen molar-refractivity contribution in [3.8, 4) is 5.75 Å². The number of ether oxygens (including phenoxy) is 1. The van der Waals surface area contributed by atoms with Crippen LogP contribution in [0.15, 0.2) is 18.2 Å². The SMILES string of the molecule is CC1(C)[C@@H](N)[C@@H]1c1ccc(OC(F)F)cc1F. The second-order valence-electron chi connectivity index (χ2n) is 4.89. The quantitative estimate of drug-likeness (QED) is 0.888. The zero-order valence-electron chi connectivity index (χ0n) is 9.58. The highest BCUT2D eigenvalue weighted by Crippen LogP contribution is 2.57. The summed E-state index contributed by atoms with van der Waals surface area (Å²) in [4.78, 5) is 0. The molecule has 0 spiro atoms. The van der Waals surface area contributed by atoms with E-state index in [1.807, 2.05) is 13.8 Å². The van der Waals surface area contributed by atoms with Gasteiger partial charge in [-0.1, -0.05) is 19.9 Å². The maximum atomic E-state index is 13.7. The van der Waals surface area contributed by atoms with E-state index in [1.165, 1.54) is 12.1 Å². The summed E-state index contributed by atoms with van der Waals surface area (Å²) in [5.74, 6) is -0.787. The molecule has 0 aromatic heterocycles. The lowest BCUT2D eigenvalue weighted by Crippen LogP contribution is -2.06. The lowest BCUT2D eigenvalue weighted by molar-refractivity contribution is -0.0500. The molecule has 5 heteroatoms. The first-order chi connectivity index (χ1) is 7.84. The maximum absolute atomic E-state index is 13.7. The predicted octanol–water partition coefficient (Wildman–Crippen LogP) is 2.88. The third-order valence-electron chi connectivity index (χ3n) is 3.44. The van der Waals surface area contributed by atoms with Gasteiger partial charge in [-0.15, -0.1) is 0 Å². The van der Waals surface area contributed by atoms with Gasteiger partial charge in [0.1, 0.15) is 11.6 Å². The highest BCUT2D eigenvalue weighted by Gasteiger charge is 2.56. The molecule has 2 rings (SSSR count). The van der Waals surface area contributed by atoms with E-state index in [2.05, 4.69) is 4.74 Å². The molecular weight excluding hydrogens is 231 g/mol. The van der Waals surface area contributed by atoms with Crippen LogP contribution >= 0.6 is 0 Å². The number of alkyl halides is 2. The molecule has 17 heavy (non-hydrogen) atoms. The molecule has 1 saturated carbocycles. The van der Waals surface area contributed by atoms with Gasteiger partial charge in [0.2, 0.25) is 0 Å². The van der Waals surface area contributed by atoms with E-state index in [4.69, 9.17) is 5.73 Å². The van der Waals surface area contributed by atoms with Crippen LogP contribution in [-0.4, -0.2) is 12.7 Å². The number of benzene rings is 1. The Morgan fingerprint density at radius 1 is 1.35 bits per heavy atom. The Kier molecular flexibility index (Phi) is 2.81. The number of hydrogen-bond acceptors (Lipinski definition) is 2. The van der Waals surface area contributed by atoms with Crippen LogP contribution in [0.2, 0.25) is 0 Å². The number of rotatable bonds is 3.